The molecule has 0 spiro atoms. The number of nitrogens with zero attached hydrogens (tertiary/aromatic N) is 2. The minimum atomic E-state index is -0.210. The van der Waals surface area contributed by atoms with E-state index in [4.69, 9.17) is 0 Å². The van der Waals surface area contributed by atoms with Gasteiger partial charge in [-0.2, -0.15) is 0 Å². The summed E-state index contributed by atoms with van der Waals surface area (Å²) in [7, 11) is 1.86. The fourth-order valence-electron chi connectivity index (χ4n) is 2.00. The molecule has 3 rings (SSSR count). The van der Waals surface area contributed by atoms with Crippen LogP contribution in [0.1, 0.15) is 30.3 Å². The molecule has 1 heterocycles. The van der Waals surface area contributed by atoms with Crippen LogP contribution in [0.15, 0.2) is 35.2 Å². The number of aromatic nitrogens is 2. The summed E-state index contributed by atoms with van der Waals surface area (Å²) in [5, 5.41) is 3.08. The normalized spacial score (nSPS) is 14.3. The van der Waals surface area contributed by atoms with Crippen LogP contribution in [0.5, 0.6) is 0 Å². The molecule has 0 atom stereocenters. The third kappa shape index (κ3) is 3.28. The van der Waals surface area contributed by atoms with Crippen LogP contribution in [0.4, 0.5) is 10.2 Å². The molecule has 0 bridgehead atoms. The van der Waals surface area contributed by atoms with Crippen molar-refractivity contribution >= 4 is 17.6 Å². The summed E-state index contributed by atoms with van der Waals surface area (Å²) in [6.07, 6.45) is 2.44. The molecule has 3 nitrogen and oxygen atoms in total. The first kappa shape index (κ1) is 13.4. The summed E-state index contributed by atoms with van der Waals surface area (Å²) in [5.74, 6) is 2.70. The highest BCUT2D eigenvalue weighted by molar-refractivity contribution is 7.98. The van der Waals surface area contributed by atoms with Crippen molar-refractivity contribution < 1.29 is 4.39 Å². The van der Waals surface area contributed by atoms with Gasteiger partial charge in [0.05, 0.1) is 5.75 Å². The molecule has 0 saturated heterocycles. The molecule has 1 aliphatic rings. The molecule has 0 aliphatic heterocycles. The quantitative estimate of drug-likeness (QED) is 0.849. The molecule has 20 heavy (non-hydrogen) atoms. The summed E-state index contributed by atoms with van der Waals surface area (Å²) in [6, 6.07) is 8.63. The van der Waals surface area contributed by atoms with Crippen LogP contribution < -0.4 is 5.32 Å². The van der Waals surface area contributed by atoms with Gasteiger partial charge in [0.1, 0.15) is 17.5 Å². The fraction of sp³-hybridized carbons (Fsp3) is 0.333. The van der Waals surface area contributed by atoms with Gasteiger partial charge in [-0.3, -0.25) is 0 Å². The summed E-state index contributed by atoms with van der Waals surface area (Å²) < 4.78 is 13.1. The highest BCUT2D eigenvalue weighted by atomic mass is 32.2. The molecule has 104 valence electrons. The Bertz CT molecular complexity index is 614. The molecule has 0 unspecified atom stereocenters. The van der Waals surface area contributed by atoms with Crippen LogP contribution in [-0.4, -0.2) is 17.0 Å². The van der Waals surface area contributed by atoms with Crippen molar-refractivity contribution in [3.05, 3.63) is 47.7 Å². The highest BCUT2D eigenvalue weighted by Crippen LogP contribution is 2.39. The van der Waals surface area contributed by atoms with Gasteiger partial charge in [-0.25, -0.2) is 14.4 Å². The lowest BCUT2D eigenvalue weighted by atomic mass is 10.3. The second-order valence-electron chi connectivity index (χ2n) is 4.86. The number of anilines is 1. The first-order chi connectivity index (χ1) is 9.74. The van der Waals surface area contributed by atoms with Gasteiger partial charge in [-0.1, -0.05) is 6.07 Å². The lowest BCUT2D eigenvalue weighted by Crippen LogP contribution is -2.02. The average Bonchev–Trinajstić information content (AvgIpc) is 3.29. The second-order valence-corrected chi connectivity index (χ2v) is 5.91. The zero-order valence-corrected chi connectivity index (χ0v) is 12.1. The monoisotopic (exact) mass is 289 g/mol. The zero-order valence-electron chi connectivity index (χ0n) is 11.3. The molecule has 1 N–H and O–H groups in total. The molecule has 1 saturated carbocycles. The molecular formula is C15H16FN3S. The zero-order chi connectivity index (χ0) is 13.9. The number of hydrogen-bond donors (Lipinski definition) is 1. The predicted molar refractivity (Wildman–Crippen MR) is 79.5 cm³/mol. The molecule has 1 aromatic carbocycles. The van der Waals surface area contributed by atoms with Crippen LogP contribution in [0.3, 0.4) is 0 Å². The standard InChI is InChI=1S/C15H16FN3S/c1-17-14-8-13(10-5-6-10)18-15(19-14)9-20-12-4-2-3-11(16)7-12/h2-4,7-8,10H,5-6,9H2,1H3,(H,17,18,19). The number of nitrogens with one attached hydrogen (secondary N) is 1. The number of benzene rings is 1. The Morgan fingerprint density at radius 2 is 2.15 bits per heavy atom. The summed E-state index contributed by atoms with van der Waals surface area (Å²) in [5.41, 5.74) is 1.12. The van der Waals surface area contributed by atoms with Crippen molar-refractivity contribution in [3.63, 3.8) is 0 Å². The third-order valence-corrected chi connectivity index (χ3v) is 4.20. The minimum absolute atomic E-state index is 0.210. The van der Waals surface area contributed by atoms with Crippen molar-refractivity contribution in [1.29, 1.82) is 0 Å². The van der Waals surface area contributed by atoms with Crippen molar-refractivity contribution in [3.8, 4) is 0 Å². The Balaban J connectivity index is 1.74. The van der Waals surface area contributed by atoms with E-state index in [9.17, 15) is 4.39 Å². The van der Waals surface area contributed by atoms with Gasteiger partial charge in [0.2, 0.25) is 0 Å². The second kappa shape index (κ2) is 5.79. The van der Waals surface area contributed by atoms with E-state index in [0.29, 0.717) is 11.7 Å². The van der Waals surface area contributed by atoms with Crippen LogP contribution in [0.2, 0.25) is 0 Å². The summed E-state index contributed by atoms with van der Waals surface area (Å²) in [4.78, 5) is 9.98. The topological polar surface area (TPSA) is 37.8 Å². The Morgan fingerprint density at radius 3 is 2.85 bits per heavy atom. The van der Waals surface area contributed by atoms with E-state index in [0.717, 1.165) is 22.2 Å². The Labute approximate surface area is 122 Å². The van der Waals surface area contributed by atoms with Crippen molar-refractivity contribution in [2.45, 2.75) is 29.4 Å². The maximum atomic E-state index is 13.1. The Hall–Kier alpha value is -1.62. The van der Waals surface area contributed by atoms with Gasteiger partial charge < -0.3 is 5.32 Å². The average molecular weight is 289 g/mol. The van der Waals surface area contributed by atoms with Crippen LogP contribution in [0, 0.1) is 5.82 Å². The van der Waals surface area contributed by atoms with Gasteiger partial charge >= 0.3 is 0 Å². The molecule has 1 aliphatic carbocycles. The Kier molecular flexibility index (Phi) is 3.87. The van der Waals surface area contributed by atoms with Gasteiger partial charge in [0, 0.05) is 29.6 Å². The number of rotatable bonds is 5. The van der Waals surface area contributed by atoms with Crippen LogP contribution >= 0.6 is 11.8 Å². The van der Waals surface area contributed by atoms with E-state index in [1.165, 1.54) is 25.0 Å². The Morgan fingerprint density at radius 1 is 1.30 bits per heavy atom. The summed E-state index contributed by atoms with van der Waals surface area (Å²) in [6.45, 7) is 0. The van der Waals surface area contributed by atoms with E-state index < -0.39 is 0 Å². The van der Waals surface area contributed by atoms with Crippen LogP contribution in [0.25, 0.3) is 0 Å². The maximum Gasteiger partial charge on any atom is 0.141 e. The molecule has 2 aromatic rings. The number of halogens is 1. The molecular weight excluding hydrogens is 273 g/mol. The molecule has 0 radical (unpaired) electrons. The smallest absolute Gasteiger partial charge is 0.141 e. The highest BCUT2D eigenvalue weighted by Gasteiger charge is 2.26. The molecule has 0 amide bonds. The lowest BCUT2D eigenvalue weighted by molar-refractivity contribution is 0.624. The minimum Gasteiger partial charge on any atom is -0.373 e. The van der Waals surface area contributed by atoms with Gasteiger partial charge in [0.25, 0.3) is 0 Å². The molecule has 1 aromatic heterocycles. The first-order valence-corrected chi connectivity index (χ1v) is 7.67. The van der Waals surface area contributed by atoms with E-state index in [1.54, 1.807) is 17.8 Å². The largest absolute Gasteiger partial charge is 0.373 e. The maximum absolute atomic E-state index is 13.1. The third-order valence-electron chi connectivity index (χ3n) is 3.21. The molecule has 5 heteroatoms. The van der Waals surface area contributed by atoms with Gasteiger partial charge in [-0.15, -0.1) is 11.8 Å². The van der Waals surface area contributed by atoms with Crippen molar-refractivity contribution in [2.75, 3.05) is 12.4 Å². The van der Waals surface area contributed by atoms with Gasteiger partial charge in [-0.05, 0) is 31.0 Å². The predicted octanol–water partition coefficient (Wildman–Crippen LogP) is 3.83. The SMILES string of the molecule is CNc1cc(C2CC2)nc(CSc2cccc(F)c2)n1. The number of thioether (sulfide) groups is 1. The van der Waals surface area contributed by atoms with Crippen LogP contribution in [-0.2, 0) is 5.75 Å². The number of hydrogen-bond acceptors (Lipinski definition) is 4. The van der Waals surface area contributed by atoms with Crippen molar-refractivity contribution in [2.24, 2.45) is 0 Å². The first-order valence-electron chi connectivity index (χ1n) is 6.68. The van der Waals surface area contributed by atoms with Crippen molar-refractivity contribution in [1.82, 2.24) is 9.97 Å². The lowest BCUT2D eigenvalue weighted by Gasteiger charge is -2.07. The van der Waals surface area contributed by atoms with E-state index >= 15 is 0 Å². The van der Waals surface area contributed by atoms with E-state index in [1.807, 2.05) is 19.2 Å². The van der Waals surface area contributed by atoms with Gasteiger partial charge in [0.15, 0.2) is 0 Å². The van der Waals surface area contributed by atoms with E-state index in [2.05, 4.69) is 15.3 Å². The summed E-state index contributed by atoms with van der Waals surface area (Å²) >= 11 is 1.55. The molecule has 1 fully saturated rings. The van der Waals surface area contributed by atoms with E-state index in [-0.39, 0.29) is 5.82 Å². The fourth-order valence-corrected chi connectivity index (χ4v) is 2.80.